The Kier molecular flexibility index (Phi) is 3.68. The molecule has 1 amide bonds. The fourth-order valence-electron chi connectivity index (χ4n) is 3.03. The highest BCUT2D eigenvalue weighted by Crippen LogP contribution is 2.44. The minimum Gasteiger partial charge on any atom is -0.457 e. The maximum absolute atomic E-state index is 13.0. The molecule has 0 saturated carbocycles. The second-order valence-corrected chi connectivity index (χ2v) is 5.79. The van der Waals surface area contributed by atoms with Gasteiger partial charge in [-0.25, -0.2) is 0 Å². The molecule has 25 heavy (non-hydrogen) atoms. The number of fused-ring (bicyclic) bond motifs is 2. The van der Waals surface area contributed by atoms with Crippen LogP contribution in [0.4, 0.5) is 5.69 Å². The highest BCUT2D eigenvalue weighted by molar-refractivity contribution is 5.99. The van der Waals surface area contributed by atoms with E-state index in [1.807, 2.05) is 48.5 Å². The first kappa shape index (κ1) is 15.0. The molecule has 120 valence electrons. The molecule has 1 aliphatic rings. The monoisotopic (exact) mass is 326 g/mol. The molecule has 0 spiro atoms. The molecule has 1 aliphatic heterocycles. The lowest BCUT2D eigenvalue weighted by Gasteiger charge is -2.27. The molecule has 4 heteroatoms. The largest absolute Gasteiger partial charge is 0.457 e. The number of hydrogen-bond acceptors (Lipinski definition) is 3. The van der Waals surface area contributed by atoms with Crippen LogP contribution in [0.25, 0.3) is 0 Å². The molecule has 0 radical (unpaired) electrons. The highest BCUT2D eigenvalue weighted by atomic mass is 16.5. The van der Waals surface area contributed by atoms with Gasteiger partial charge in [0.05, 0.1) is 17.6 Å². The van der Waals surface area contributed by atoms with E-state index in [2.05, 4.69) is 11.4 Å². The quantitative estimate of drug-likeness (QED) is 0.757. The third-order valence-electron chi connectivity index (χ3n) is 4.22. The number of hydrogen-bond donors (Lipinski definition) is 1. The molecule has 1 N–H and O–H groups in total. The van der Waals surface area contributed by atoms with Crippen LogP contribution >= 0.6 is 0 Å². The lowest BCUT2D eigenvalue weighted by Crippen LogP contribution is -2.25. The SMILES string of the molecule is N#Cc1ccc(NC(=O)C2c3ccccc3Oc3ccccc32)cc1. The van der Waals surface area contributed by atoms with Gasteiger partial charge >= 0.3 is 0 Å². The average molecular weight is 326 g/mol. The summed E-state index contributed by atoms with van der Waals surface area (Å²) in [5.41, 5.74) is 2.89. The van der Waals surface area contributed by atoms with E-state index < -0.39 is 5.92 Å². The van der Waals surface area contributed by atoms with Gasteiger partial charge in [0.25, 0.3) is 0 Å². The Morgan fingerprint density at radius 2 is 1.44 bits per heavy atom. The van der Waals surface area contributed by atoms with Gasteiger partial charge in [0.1, 0.15) is 11.5 Å². The molecule has 4 nitrogen and oxygen atoms in total. The van der Waals surface area contributed by atoms with Crippen LogP contribution in [0.1, 0.15) is 22.6 Å². The van der Waals surface area contributed by atoms with E-state index in [1.54, 1.807) is 24.3 Å². The molecule has 3 aromatic rings. The molecule has 0 unspecified atom stereocenters. The predicted octanol–water partition coefficient (Wildman–Crippen LogP) is 4.43. The number of carbonyl (C=O) groups excluding carboxylic acids is 1. The molecule has 1 heterocycles. The summed E-state index contributed by atoms with van der Waals surface area (Å²) in [6.45, 7) is 0. The smallest absolute Gasteiger partial charge is 0.236 e. The van der Waals surface area contributed by atoms with Crippen molar-refractivity contribution in [2.24, 2.45) is 0 Å². The second kappa shape index (κ2) is 6.14. The first-order chi connectivity index (χ1) is 12.3. The summed E-state index contributed by atoms with van der Waals surface area (Å²) in [5, 5.41) is 11.8. The van der Waals surface area contributed by atoms with Crippen molar-refractivity contribution in [2.75, 3.05) is 5.32 Å². The molecular weight excluding hydrogens is 312 g/mol. The van der Waals surface area contributed by atoms with Crippen molar-refractivity contribution in [1.29, 1.82) is 5.26 Å². The Bertz CT molecular complexity index is 942. The van der Waals surface area contributed by atoms with Crippen LogP contribution in [0.5, 0.6) is 11.5 Å². The summed E-state index contributed by atoms with van der Waals surface area (Å²) in [6.07, 6.45) is 0. The van der Waals surface area contributed by atoms with E-state index in [9.17, 15) is 4.79 Å². The van der Waals surface area contributed by atoms with Crippen LogP contribution in [0.15, 0.2) is 72.8 Å². The zero-order chi connectivity index (χ0) is 17.2. The summed E-state index contributed by atoms with van der Waals surface area (Å²) in [5.74, 6) is 0.812. The maximum Gasteiger partial charge on any atom is 0.236 e. The summed E-state index contributed by atoms with van der Waals surface area (Å²) < 4.78 is 5.92. The minimum absolute atomic E-state index is 0.132. The Labute approximate surface area is 145 Å². The van der Waals surface area contributed by atoms with Crippen molar-refractivity contribution >= 4 is 11.6 Å². The van der Waals surface area contributed by atoms with Crippen molar-refractivity contribution < 1.29 is 9.53 Å². The summed E-state index contributed by atoms with van der Waals surface area (Å²) in [6, 6.07) is 24.0. The van der Waals surface area contributed by atoms with E-state index in [4.69, 9.17) is 10.00 Å². The Balaban J connectivity index is 1.71. The zero-order valence-electron chi connectivity index (χ0n) is 13.3. The summed E-state index contributed by atoms with van der Waals surface area (Å²) in [7, 11) is 0. The van der Waals surface area contributed by atoms with Gasteiger partial charge in [-0.1, -0.05) is 36.4 Å². The first-order valence-corrected chi connectivity index (χ1v) is 7.93. The molecule has 3 aromatic carbocycles. The van der Waals surface area contributed by atoms with E-state index in [1.165, 1.54) is 0 Å². The molecule has 0 aromatic heterocycles. The van der Waals surface area contributed by atoms with Crippen LogP contribution in [0.2, 0.25) is 0 Å². The first-order valence-electron chi connectivity index (χ1n) is 7.93. The molecule has 4 rings (SSSR count). The summed E-state index contributed by atoms with van der Waals surface area (Å²) >= 11 is 0. The number of amides is 1. The van der Waals surface area contributed by atoms with Crippen molar-refractivity contribution in [2.45, 2.75) is 5.92 Å². The summed E-state index contributed by atoms with van der Waals surface area (Å²) in [4.78, 5) is 13.0. The van der Waals surface area contributed by atoms with Crippen molar-refractivity contribution in [3.8, 4) is 17.6 Å². The van der Waals surface area contributed by atoms with Gasteiger partial charge in [-0.3, -0.25) is 4.79 Å². The Morgan fingerprint density at radius 3 is 2.00 bits per heavy atom. The van der Waals surface area contributed by atoms with E-state index in [0.29, 0.717) is 22.7 Å². The van der Waals surface area contributed by atoms with Gasteiger partial charge in [-0.15, -0.1) is 0 Å². The van der Waals surface area contributed by atoms with Crippen LogP contribution < -0.4 is 10.1 Å². The lowest BCUT2D eigenvalue weighted by atomic mass is 9.87. The van der Waals surface area contributed by atoms with E-state index in [-0.39, 0.29) is 5.91 Å². The number of nitrogens with zero attached hydrogens (tertiary/aromatic N) is 1. The maximum atomic E-state index is 13.0. The van der Waals surface area contributed by atoms with Crippen LogP contribution in [0.3, 0.4) is 0 Å². The topological polar surface area (TPSA) is 62.1 Å². The van der Waals surface area contributed by atoms with Gasteiger partial charge in [0.15, 0.2) is 0 Å². The number of benzene rings is 3. The van der Waals surface area contributed by atoms with Gasteiger partial charge < -0.3 is 10.1 Å². The zero-order valence-corrected chi connectivity index (χ0v) is 13.3. The third kappa shape index (κ3) is 2.73. The highest BCUT2D eigenvalue weighted by Gasteiger charge is 2.32. The van der Waals surface area contributed by atoms with E-state index in [0.717, 1.165) is 11.1 Å². The molecule has 0 atom stereocenters. The van der Waals surface area contributed by atoms with Crippen molar-refractivity contribution in [1.82, 2.24) is 0 Å². The third-order valence-corrected chi connectivity index (χ3v) is 4.22. The number of nitrogens with one attached hydrogen (secondary N) is 1. The van der Waals surface area contributed by atoms with Gasteiger partial charge in [-0.05, 0) is 36.4 Å². The molecule has 0 aliphatic carbocycles. The lowest BCUT2D eigenvalue weighted by molar-refractivity contribution is -0.116. The fraction of sp³-hybridized carbons (Fsp3) is 0.0476. The number of nitriles is 1. The molecule has 0 saturated heterocycles. The van der Waals surface area contributed by atoms with E-state index >= 15 is 0 Å². The van der Waals surface area contributed by atoms with Gasteiger partial charge in [0.2, 0.25) is 5.91 Å². The average Bonchev–Trinajstić information content (AvgIpc) is 2.66. The number of rotatable bonds is 2. The molecular formula is C21H14N2O2. The van der Waals surface area contributed by atoms with Crippen molar-refractivity contribution in [3.63, 3.8) is 0 Å². The van der Waals surface area contributed by atoms with Crippen LogP contribution in [0, 0.1) is 11.3 Å². The Hall–Kier alpha value is -3.58. The van der Waals surface area contributed by atoms with Gasteiger partial charge in [-0.2, -0.15) is 5.26 Å². The minimum atomic E-state index is -0.447. The number of para-hydroxylation sites is 2. The van der Waals surface area contributed by atoms with Gasteiger partial charge in [0, 0.05) is 16.8 Å². The number of ether oxygens (including phenoxy) is 1. The second-order valence-electron chi connectivity index (χ2n) is 5.79. The van der Waals surface area contributed by atoms with Crippen molar-refractivity contribution in [3.05, 3.63) is 89.5 Å². The van der Waals surface area contributed by atoms with Crippen LogP contribution in [-0.4, -0.2) is 5.91 Å². The standard InChI is InChI=1S/C21H14N2O2/c22-13-14-9-11-15(12-10-14)23-21(24)20-16-5-1-3-7-18(16)25-19-8-4-2-6-17(19)20/h1-12,20H,(H,23,24). The molecule has 0 fully saturated rings. The predicted molar refractivity (Wildman–Crippen MR) is 94.6 cm³/mol. The number of carbonyl (C=O) groups is 1. The normalized spacial score (nSPS) is 12.3. The fourth-order valence-corrected chi connectivity index (χ4v) is 3.03. The molecule has 0 bridgehead atoms. The Morgan fingerprint density at radius 1 is 0.880 bits per heavy atom. The van der Waals surface area contributed by atoms with Crippen LogP contribution in [-0.2, 0) is 4.79 Å². The number of anilines is 1.